The van der Waals surface area contributed by atoms with Crippen LogP contribution in [0, 0.1) is 17.1 Å². The van der Waals surface area contributed by atoms with Crippen LogP contribution < -0.4 is 20.3 Å². The van der Waals surface area contributed by atoms with Crippen LogP contribution in [-0.2, 0) is 6.54 Å². The molecule has 7 nitrogen and oxygen atoms in total. The highest BCUT2D eigenvalue weighted by atomic mass is 19.1. The molecule has 1 saturated heterocycles. The molecule has 0 unspecified atom stereocenters. The number of nitrogens with one attached hydrogen (secondary N) is 2. The van der Waals surface area contributed by atoms with E-state index in [1.54, 1.807) is 18.3 Å². The maximum Gasteiger partial charge on any atom is 0.315 e. The lowest BCUT2D eigenvalue weighted by Crippen LogP contribution is -2.47. The monoisotopic (exact) mass is 445 g/mol. The second-order valence-corrected chi connectivity index (χ2v) is 7.81. The van der Waals surface area contributed by atoms with E-state index < -0.39 is 0 Å². The molecule has 0 aliphatic carbocycles. The van der Waals surface area contributed by atoms with Crippen LogP contribution in [-0.4, -0.2) is 30.1 Å². The number of benzene rings is 2. The molecule has 2 aromatic carbocycles. The van der Waals surface area contributed by atoms with Crippen LogP contribution in [0.15, 0.2) is 66.9 Å². The number of rotatable bonds is 6. The first-order valence-electron chi connectivity index (χ1n) is 10.8. The van der Waals surface area contributed by atoms with Crippen molar-refractivity contribution in [3.8, 4) is 17.7 Å². The van der Waals surface area contributed by atoms with Crippen LogP contribution >= 0.6 is 0 Å². The van der Waals surface area contributed by atoms with Crippen molar-refractivity contribution < 1.29 is 13.9 Å². The van der Waals surface area contributed by atoms with Gasteiger partial charge in [-0.2, -0.15) is 5.26 Å². The topological polar surface area (TPSA) is 90.3 Å². The highest BCUT2D eigenvalue weighted by Crippen LogP contribution is 2.21. The van der Waals surface area contributed by atoms with Crippen LogP contribution in [0.4, 0.5) is 14.9 Å². The summed E-state index contributed by atoms with van der Waals surface area (Å²) in [5.74, 6) is 0.523. The number of hydrogen-bond donors (Lipinski definition) is 2. The number of aromatic nitrogens is 1. The quantitative estimate of drug-likeness (QED) is 0.589. The molecule has 2 N–H and O–H groups in total. The molecule has 2 amide bonds. The van der Waals surface area contributed by atoms with E-state index in [2.05, 4.69) is 26.6 Å². The van der Waals surface area contributed by atoms with Gasteiger partial charge in [-0.3, -0.25) is 0 Å². The molecule has 0 spiro atoms. The Bertz CT molecular complexity index is 1120. The number of hydrogen-bond acceptors (Lipinski definition) is 5. The zero-order chi connectivity index (χ0) is 23.0. The lowest BCUT2D eigenvalue weighted by molar-refractivity contribution is 0.234. The van der Waals surface area contributed by atoms with E-state index in [4.69, 9.17) is 10.00 Å². The molecule has 1 aliphatic rings. The Hall–Kier alpha value is -4.12. The molecule has 2 heterocycles. The minimum absolute atomic E-state index is 0.106. The van der Waals surface area contributed by atoms with Crippen LogP contribution in [0.2, 0.25) is 0 Å². The molecule has 0 saturated carbocycles. The van der Waals surface area contributed by atoms with Gasteiger partial charge in [0.15, 0.2) is 0 Å². The number of urea groups is 1. The number of amides is 2. The lowest BCUT2D eigenvalue weighted by atomic mass is 10.0. The summed E-state index contributed by atoms with van der Waals surface area (Å²) < 4.78 is 18.7. The Morgan fingerprint density at radius 3 is 2.55 bits per heavy atom. The van der Waals surface area contributed by atoms with E-state index in [0.717, 1.165) is 37.2 Å². The fourth-order valence-corrected chi connectivity index (χ4v) is 3.69. The number of anilines is 1. The first-order valence-corrected chi connectivity index (χ1v) is 10.8. The fraction of sp³-hybridized carbons (Fsp3) is 0.240. The highest BCUT2D eigenvalue weighted by Gasteiger charge is 2.21. The zero-order valence-corrected chi connectivity index (χ0v) is 18.0. The van der Waals surface area contributed by atoms with E-state index in [1.807, 2.05) is 24.3 Å². The summed E-state index contributed by atoms with van der Waals surface area (Å²) in [5.41, 5.74) is 2.58. The van der Waals surface area contributed by atoms with Crippen LogP contribution in [0.1, 0.15) is 24.0 Å². The standard InChI is InChI=1S/C25H24FN5O2/c26-20-3-7-23(8-4-20)33-24-15-19(9-12-28-24)17-29-25(32)30-21-10-13-31(14-11-21)22-5-1-18(16-27)2-6-22/h1-9,12,15,21H,10-11,13-14,17H2,(H2,29,30,32). The molecule has 1 aliphatic heterocycles. The van der Waals surface area contributed by atoms with Gasteiger partial charge in [0.2, 0.25) is 5.88 Å². The maximum atomic E-state index is 13.0. The Morgan fingerprint density at radius 1 is 1.12 bits per heavy atom. The molecule has 0 bridgehead atoms. The first kappa shape index (κ1) is 22.1. The van der Waals surface area contributed by atoms with Gasteiger partial charge >= 0.3 is 6.03 Å². The van der Waals surface area contributed by atoms with Gasteiger partial charge in [-0.05, 0) is 73.0 Å². The highest BCUT2D eigenvalue weighted by molar-refractivity contribution is 5.74. The summed E-state index contributed by atoms with van der Waals surface area (Å²) >= 11 is 0. The lowest BCUT2D eigenvalue weighted by Gasteiger charge is -2.34. The Kier molecular flexibility index (Phi) is 7.00. The van der Waals surface area contributed by atoms with Gasteiger partial charge < -0.3 is 20.3 Å². The molecule has 3 aromatic rings. The van der Waals surface area contributed by atoms with Crippen LogP contribution in [0.5, 0.6) is 11.6 Å². The van der Waals surface area contributed by atoms with Gasteiger partial charge in [0, 0.05) is 43.6 Å². The number of nitrogens with zero attached hydrogens (tertiary/aromatic N) is 3. The number of ether oxygens (including phenoxy) is 1. The van der Waals surface area contributed by atoms with E-state index in [1.165, 1.54) is 24.3 Å². The molecule has 8 heteroatoms. The van der Waals surface area contributed by atoms with Crippen molar-refractivity contribution in [3.63, 3.8) is 0 Å². The van der Waals surface area contributed by atoms with Crippen molar-refractivity contribution in [3.05, 3.63) is 83.8 Å². The smallest absolute Gasteiger partial charge is 0.315 e. The predicted octanol–water partition coefficient (Wildman–Crippen LogP) is 4.35. The summed E-state index contributed by atoms with van der Waals surface area (Å²) in [4.78, 5) is 18.8. The van der Waals surface area contributed by atoms with Crippen molar-refractivity contribution in [2.45, 2.75) is 25.4 Å². The largest absolute Gasteiger partial charge is 0.439 e. The molecule has 1 fully saturated rings. The molecule has 1 aromatic heterocycles. The van der Waals surface area contributed by atoms with Crippen molar-refractivity contribution in [1.82, 2.24) is 15.6 Å². The number of nitriles is 1. The third-order valence-corrected chi connectivity index (χ3v) is 5.48. The second-order valence-electron chi connectivity index (χ2n) is 7.81. The minimum Gasteiger partial charge on any atom is -0.439 e. The van der Waals surface area contributed by atoms with Gasteiger partial charge in [-0.15, -0.1) is 0 Å². The fourth-order valence-electron chi connectivity index (χ4n) is 3.69. The number of carbonyl (C=O) groups excluding carboxylic acids is 1. The Balaban J connectivity index is 1.22. The van der Waals surface area contributed by atoms with Gasteiger partial charge in [0.25, 0.3) is 0 Å². The first-order chi connectivity index (χ1) is 16.1. The normalized spacial score (nSPS) is 13.8. The van der Waals surface area contributed by atoms with Gasteiger partial charge in [-0.1, -0.05) is 0 Å². The van der Waals surface area contributed by atoms with E-state index in [0.29, 0.717) is 23.7 Å². The Labute approximate surface area is 191 Å². The summed E-state index contributed by atoms with van der Waals surface area (Å²) in [5, 5.41) is 14.8. The predicted molar refractivity (Wildman–Crippen MR) is 122 cm³/mol. The molecule has 4 rings (SSSR count). The van der Waals surface area contributed by atoms with Crippen molar-refractivity contribution in [2.24, 2.45) is 0 Å². The zero-order valence-electron chi connectivity index (χ0n) is 18.0. The van der Waals surface area contributed by atoms with Gasteiger partial charge in [0.1, 0.15) is 11.6 Å². The molecule has 0 atom stereocenters. The summed E-state index contributed by atoms with van der Waals surface area (Å²) in [6.45, 7) is 2.01. The van der Waals surface area contributed by atoms with Gasteiger partial charge in [-0.25, -0.2) is 14.2 Å². The van der Waals surface area contributed by atoms with E-state index in [-0.39, 0.29) is 17.9 Å². The third kappa shape index (κ3) is 6.20. The number of halogens is 1. The average Bonchev–Trinajstić information content (AvgIpc) is 2.85. The SMILES string of the molecule is N#Cc1ccc(N2CCC(NC(=O)NCc3ccnc(Oc4ccc(F)cc4)c3)CC2)cc1. The maximum absolute atomic E-state index is 13.0. The average molecular weight is 445 g/mol. The summed E-state index contributed by atoms with van der Waals surface area (Å²) in [6, 6.07) is 18.8. The number of carbonyl (C=O) groups is 1. The molecule has 33 heavy (non-hydrogen) atoms. The molecular formula is C25H24FN5O2. The summed E-state index contributed by atoms with van der Waals surface area (Å²) in [6.07, 6.45) is 3.29. The third-order valence-electron chi connectivity index (χ3n) is 5.48. The van der Waals surface area contributed by atoms with E-state index >= 15 is 0 Å². The number of piperidine rings is 1. The van der Waals surface area contributed by atoms with Crippen molar-refractivity contribution in [1.29, 1.82) is 5.26 Å². The minimum atomic E-state index is -0.334. The number of pyridine rings is 1. The Morgan fingerprint density at radius 2 is 1.85 bits per heavy atom. The van der Waals surface area contributed by atoms with Crippen molar-refractivity contribution >= 4 is 11.7 Å². The molecule has 168 valence electrons. The molecule has 0 radical (unpaired) electrons. The van der Waals surface area contributed by atoms with E-state index in [9.17, 15) is 9.18 Å². The second kappa shape index (κ2) is 10.5. The summed E-state index contributed by atoms with van der Waals surface area (Å²) in [7, 11) is 0. The van der Waals surface area contributed by atoms with Crippen molar-refractivity contribution in [2.75, 3.05) is 18.0 Å². The van der Waals surface area contributed by atoms with Gasteiger partial charge in [0.05, 0.1) is 11.6 Å². The molecular weight excluding hydrogens is 421 g/mol. The van der Waals surface area contributed by atoms with Crippen LogP contribution in [0.3, 0.4) is 0 Å². The van der Waals surface area contributed by atoms with Crippen LogP contribution in [0.25, 0.3) is 0 Å².